The van der Waals surface area contributed by atoms with Crippen molar-refractivity contribution >= 4 is 54.6 Å². The van der Waals surface area contributed by atoms with E-state index in [2.05, 4.69) is 0 Å². The molecule has 0 aliphatic heterocycles. The first kappa shape index (κ1) is 55.1. The first-order valence-electron chi connectivity index (χ1n) is 0. The SMILES string of the molecule is [Cu+2].[O-2].[O-2].[Tl+].[Tl+]. The largest absolute Gasteiger partial charge is 2.00 e. The third-order valence-electron chi connectivity index (χ3n) is 0. The second-order valence-electron chi connectivity index (χ2n) is 0. The molecule has 0 aromatic heterocycles. The van der Waals surface area contributed by atoms with Gasteiger partial charge in [0, 0.05) is 0 Å². The Morgan fingerprint density at radius 2 is 0.600 bits per heavy atom. The summed E-state index contributed by atoms with van der Waals surface area (Å²) in [5.41, 5.74) is 0. The summed E-state index contributed by atoms with van der Waals surface area (Å²) < 4.78 is 0. The van der Waals surface area contributed by atoms with E-state index in [0.717, 1.165) is 0 Å². The molecule has 0 aliphatic carbocycles. The molecule has 0 unspecified atom stereocenters. The van der Waals surface area contributed by atoms with Gasteiger partial charge in [-0.3, -0.25) is 0 Å². The monoisotopic (exact) mass is 505 g/mol. The molecule has 1 radical (unpaired) electrons. The van der Waals surface area contributed by atoms with E-state index in [1.165, 1.54) is 0 Å². The maximum absolute atomic E-state index is 0. The predicted octanol–water partition coefficient (Wildman–Crippen LogP) is -1.00. The first-order chi connectivity index (χ1) is 0. The Hall–Kier alpha value is 2.28. The maximum atomic E-state index is 0. The van der Waals surface area contributed by atoms with Crippen LogP contribution in [-0.4, -0.2) is 54.6 Å². The topological polar surface area (TPSA) is 57.0 Å². The zero-order valence-electron chi connectivity index (χ0n) is 2.27. The summed E-state index contributed by atoms with van der Waals surface area (Å²) in [4.78, 5) is 0. The van der Waals surface area contributed by atoms with Gasteiger partial charge >= 0.3 is 71.7 Å². The predicted molar refractivity (Wildman–Crippen MR) is 12.9 cm³/mol. The standard InChI is InChI=1S/Cu.2O.2Tl/q+2;2*-2;2*+1. The molecule has 5 heavy (non-hydrogen) atoms. The summed E-state index contributed by atoms with van der Waals surface area (Å²) in [6.07, 6.45) is 0. The van der Waals surface area contributed by atoms with Crippen LogP contribution in [0.3, 0.4) is 0 Å². The molecule has 0 aromatic rings. The fraction of sp³-hybridized carbons (Fsp3) is 0. The third kappa shape index (κ3) is 22.1. The molecule has 5 heteroatoms. The minimum absolute atomic E-state index is 0. The second kappa shape index (κ2) is 33.6. The summed E-state index contributed by atoms with van der Waals surface area (Å²) in [7, 11) is 0. The van der Waals surface area contributed by atoms with Crippen LogP contribution in [0.25, 0.3) is 0 Å². The van der Waals surface area contributed by atoms with Crippen LogP contribution >= 0.6 is 0 Å². The van der Waals surface area contributed by atoms with Crippen molar-refractivity contribution in [3.63, 3.8) is 0 Å². The van der Waals surface area contributed by atoms with Gasteiger partial charge in [-0.25, -0.2) is 0 Å². The molecule has 0 amide bonds. The van der Waals surface area contributed by atoms with Gasteiger partial charge < -0.3 is 11.0 Å². The van der Waals surface area contributed by atoms with E-state index >= 15 is 0 Å². The van der Waals surface area contributed by atoms with E-state index in [1.807, 2.05) is 0 Å². The van der Waals surface area contributed by atoms with Gasteiger partial charge in [0.1, 0.15) is 0 Å². The summed E-state index contributed by atoms with van der Waals surface area (Å²) >= 11 is 0. The van der Waals surface area contributed by atoms with Crippen LogP contribution in [0.15, 0.2) is 0 Å². The van der Waals surface area contributed by atoms with Crippen LogP contribution in [0.1, 0.15) is 0 Å². The second-order valence-corrected chi connectivity index (χ2v) is 0. The van der Waals surface area contributed by atoms with Crippen LogP contribution in [0.2, 0.25) is 0 Å². The van der Waals surface area contributed by atoms with Crippen molar-refractivity contribution in [2.24, 2.45) is 0 Å². The minimum atomic E-state index is 0. The molecule has 0 aliphatic rings. The fourth-order valence-corrected chi connectivity index (χ4v) is 0. The Kier molecular flexibility index (Phi) is 371. The van der Waals surface area contributed by atoms with Gasteiger partial charge in [0.2, 0.25) is 0 Å². The van der Waals surface area contributed by atoms with Crippen LogP contribution in [0.4, 0.5) is 0 Å². The van der Waals surface area contributed by atoms with Gasteiger partial charge in [-0.1, -0.05) is 0 Å². The number of rotatable bonds is 0. The minimum Gasteiger partial charge on any atom is -2.00 e. The van der Waals surface area contributed by atoms with Crippen LogP contribution in [0.5, 0.6) is 0 Å². The average molecular weight is 504 g/mol. The van der Waals surface area contributed by atoms with Gasteiger partial charge in [0.05, 0.1) is 0 Å². The smallest absolute Gasteiger partial charge is 2.00 e. The molecule has 0 fully saturated rings. The van der Waals surface area contributed by atoms with Crippen molar-refractivity contribution < 1.29 is 28.0 Å². The van der Waals surface area contributed by atoms with E-state index in [1.54, 1.807) is 0 Å². The van der Waals surface area contributed by atoms with Crippen molar-refractivity contribution in [2.45, 2.75) is 0 Å². The van der Waals surface area contributed by atoms with Crippen molar-refractivity contribution in [1.82, 2.24) is 0 Å². The molecule has 0 aromatic carbocycles. The molecule has 0 N–H and O–H groups in total. The fourth-order valence-electron chi connectivity index (χ4n) is 0. The molecular weight excluding hydrogens is 504 g/mol. The summed E-state index contributed by atoms with van der Waals surface area (Å²) in [5.74, 6) is 0. The van der Waals surface area contributed by atoms with E-state index in [4.69, 9.17) is 0 Å². The van der Waals surface area contributed by atoms with E-state index < -0.39 is 0 Å². The van der Waals surface area contributed by atoms with Gasteiger partial charge in [0.15, 0.2) is 0 Å². The molecule has 0 bridgehead atoms. The third-order valence-corrected chi connectivity index (χ3v) is 0. The van der Waals surface area contributed by atoms with Gasteiger partial charge in [0.25, 0.3) is 0 Å². The summed E-state index contributed by atoms with van der Waals surface area (Å²) in [6.45, 7) is 0. The number of hydrogen-bond donors (Lipinski definition) is 0. The summed E-state index contributed by atoms with van der Waals surface area (Å²) in [6, 6.07) is 0. The van der Waals surface area contributed by atoms with Crippen molar-refractivity contribution in [2.75, 3.05) is 0 Å². The molecule has 0 heterocycles. The van der Waals surface area contributed by atoms with E-state index in [0.29, 0.717) is 0 Å². The maximum Gasteiger partial charge on any atom is 2.00 e. The van der Waals surface area contributed by atoms with Crippen molar-refractivity contribution in [3.05, 3.63) is 0 Å². The molecule has 0 rings (SSSR count). The van der Waals surface area contributed by atoms with Crippen molar-refractivity contribution in [1.29, 1.82) is 0 Å². The van der Waals surface area contributed by atoms with Gasteiger partial charge in [-0.15, -0.1) is 0 Å². The van der Waals surface area contributed by atoms with E-state index in [-0.39, 0.29) is 82.6 Å². The van der Waals surface area contributed by atoms with Gasteiger partial charge in [-0.2, -0.15) is 0 Å². The molecule has 0 saturated carbocycles. The summed E-state index contributed by atoms with van der Waals surface area (Å²) in [5, 5.41) is 0. The zero-order chi connectivity index (χ0) is 0. The Morgan fingerprint density at radius 3 is 0.600 bits per heavy atom. The average Bonchev–Trinajstić information content (AvgIpc) is 0. The van der Waals surface area contributed by atoms with Gasteiger partial charge in [-0.05, 0) is 0 Å². The molecule has 2 nitrogen and oxygen atoms in total. The Labute approximate surface area is 81.5 Å². The first-order valence-corrected chi connectivity index (χ1v) is 0. The molecular formula is CuO2Tl2. The molecule has 0 saturated heterocycles. The molecule has 29 valence electrons. The zero-order valence-corrected chi connectivity index (χ0v) is 12.2. The van der Waals surface area contributed by atoms with Crippen molar-refractivity contribution in [3.8, 4) is 0 Å². The van der Waals surface area contributed by atoms with Crippen LogP contribution in [-0.2, 0) is 28.0 Å². The van der Waals surface area contributed by atoms with Crippen LogP contribution < -0.4 is 0 Å². The Morgan fingerprint density at radius 1 is 0.600 bits per heavy atom. The molecule has 0 atom stereocenters. The van der Waals surface area contributed by atoms with E-state index in [9.17, 15) is 0 Å². The normalized spacial score (nSPS) is 0. The molecule has 0 spiro atoms. The Bertz CT molecular complexity index is 7.61. The van der Waals surface area contributed by atoms with Crippen LogP contribution in [0, 0.1) is 0 Å². The number of hydrogen-bond acceptors (Lipinski definition) is 0. The quantitative estimate of drug-likeness (QED) is 0.381. The Balaban J connectivity index is 0.